The maximum absolute atomic E-state index is 2.44. The molecule has 0 spiro atoms. The Bertz CT molecular complexity index is 393. The maximum Gasteiger partial charge on any atom is -0.0103 e. The van der Waals surface area contributed by atoms with Crippen LogP contribution >= 0.6 is 0 Å². The van der Waals surface area contributed by atoms with Crippen LogP contribution in [0.25, 0.3) is 0 Å². The van der Waals surface area contributed by atoms with Crippen LogP contribution in [0.3, 0.4) is 0 Å². The minimum absolute atomic E-state index is 0.409. The van der Waals surface area contributed by atoms with Crippen LogP contribution < -0.4 is 0 Å². The highest BCUT2D eigenvalue weighted by Crippen LogP contribution is 2.49. The molecule has 0 nitrogen and oxygen atoms in total. The van der Waals surface area contributed by atoms with Crippen molar-refractivity contribution in [3.63, 3.8) is 0 Å². The first-order valence-corrected chi connectivity index (χ1v) is 6.87. The molecule has 17 heavy (non-hydrogen) atoms. The molecule has 1 atom stereocenters. The Hall–Kier alpha value is -0.780. The molecule has 0 amide bonds. The lowest BCUT2D eigenvalue weighted by Crippen LogP contribution is -2.31. The predicted molar refractivity (Wildman–Crippen MR) is 75.4 cm³/mol. The molecule has 0 N–H and O–H groups in total. The zero-order valence-corrected chi connectivity index (χ0v) is 12.0. The Labute approximate surface area is 106 Å². The van der Waals surface area contributed by atoms with Crippen LogP contribution in [0, 0.1) is 10.8 Å². The van der Waals surface area contributed by atoms with Crippen molar-refractivity contribution in [3.05, 3.63) is 35.4 Å². The molecule has 0 heterocycles. The van der Waals surface area contributed by atoms with Crippen LogP contribution in [-0.2, 0) is 6.42 Å². The van der Waals surface area contributed by atoms with Gasteiger partial charge in [0.25, 0.3) is 0 Å². The molecule has 0 heteroatoms. The van der Waals surface area contributed by atoms with E-state index in [9.17, 15) is 0 Å². The van der Waals surface area contributed by atoms with E-state index < -0.39 is 0 Å². The number of fused-ring (bicyclic) bond motifs is 1. The summed E-state index contributed by atoms with van der Waals surface area (Å²) in [6.45, 7) is 12.0. The summed E-state index contributed by atoms with van der Waals surface area (Å²) in [7, 11) is 0. The second kappa shape index (κ2) is 4.15. The average molecular weight is 230 g/mol. The van der Waals surface area contributed by atoms with E-state index in [1.165, 1.54) is 19.3 Å². The summed E-state index contributed by atoms with van der Waals surface area (Å²) in [6.07, 6.45) is 3.87. The van der Waals surface area contributed by atoms with E-state index in [0.29, 0.717) is 16.7 Å². The summed E-state index contributed by atoms with van der Waals surface area (Å²) in [5.74, 6) is 0.715. The van der Waals surface area contributed by atoms with Gasteiger partial charge in [-0.2, -0.15) is 0 Å². The van der Waals surface area contributed by atoms with Crippen molar-refractivity contribution in [3.8, 4) is 0 Å². The van der Waals surface area contributed by atoms with E-state index in [2.05, 4.69) is 58.9 Å². The molecule has 2 rings (SSSR count). The lowest BCUT2D eigenvalue weighted by Gasteiger charge is -2.43. The molecule has 1 aliphatic rings. The molecular formula is C17H26. The minimum Gasteiger partial charge on any atom is -0.0620 e. The molecule has 1 aromatic carbocycles. The summed E-state index contributed by atoms with van der Waals surface area (Å²) in [4.78, 5) is 0. The smallest absolute Gasteiger partial charge is 0.0103 e. The Morgan fingerprint density at radius 2 is 1.82 bits per heavy atom. The van der Waals surface area contributed by atoms with Crippen LogP contribution in [0.5, 0.6) is 0 Å². The molecule has 94 valence electrons. The highest BCUT2D eigenvalue weighted by molar-refractivity contribution is 5.34. The van der Waals surface area contributed by atoms with E-state index in [-0.39, 0.29) is 0 Å². The van der Waals surface area contributed by atoms with Crippen molar-refractivity contribution in [2.75, 3.05) is 0 Å². The predicted octanol–water partition coefficient (Wildman–Crippen LogP) is 5.18. The lowest BCUT2D eigenvalue weighted by atomic mass is 9.62. The summed E-state index contributed by atoms with van der Waals surface area (Å²) in [5, 5.41) is 0. The Morgan fingerprint density at radius 3 is 2.47 bits per heavy atom. The fourth-order valence-electron chi connectivity index (χ4n) is 3.15. The van der Waals surface area contributed by atoms with Gasteiger partial charge in [0.2, 0.25) is 0 Å². The van der Waals surface area contributed by atoms with E-state index in [1.807, 2.05) is 0 Å². The van der Waals surface area contributed by atoms with Crippen LogP contribution in [0.2, 0.25) is 0 Å². The molecule has 0 aromatic heterocycles. The third kappa shape index (κ3) is 2.73. The van der Waals surface area contributed by atoms with Gasteiger partial charge in [0.15, 0.2) is 0 Å². The summed E-state index contributed by atoms with van der Waals surface area (Å²) in [5.41, 5.74) is 4.05. The lowest BCUT2D eigenvalue weighted by molar-refractivity contribution is 0.185. The van der Waals surface area contributed by atoms with Gasteiger partial charge in [-0.25, -0.2) is 0 Å². The van der Waals surface area contributed by atoms with Crippen molar-refractivity contribution in [1.29, 1.82) is 0 Å². The molecule has 0 aliphatic heterocycles. The van der Waals surface area contributed by atoms with E-state index >= 15 is 0 Å². The van der Waals surface area contributed by atoms with Crippen molar-refractivity contribution >= 4 is 0 Å². The summed E-state index contributed by atoms with van der Waals surface area (Å²) in [6, 6.07) is 9.06. The van der Waals surface area contributed by atoms with Crippen molar-refractivity contribution in [2.24, 2.45) is 10.8 Å². The molecule has 1 aromatic rings. The Balaban J connectivity index is 2.39. The third-order valence-electron chi connectivity index (χ3n) is 4.23. The molecule has 1 unspecified atom stereocenters. The zero-order chi connectivity index (χ0) is 12.7. The molecular weight excluding hydrogens is 204 g/mol. The summed E-state index contributed by atoms with van der Waals surface area (Å²) < 4.78 is 0. The normalized spacial score (nSPS) is 23.2. The van der Waals surface area contributed by atoms with Gasteiger partial charge in [-0.1, -0.05) is 58.9 Å². The van der Waals surface area contributed by atoms with Gasteiger partial charge < -0.3 is 0 Å². The van der Waals surface area contributed by atoms with Crippen LogP contribution in [0.4, 0.5) is 0 Å². The van der Waals surface area contributed by atoms with Crippen molar-refractivity contribution < 1.29 is 0 Å². The fourth-order valence-corrected chi connectivity index (χ4v) is 3.15. The van der Waals surface area contributed by atoms with Gasteiger partial charge in [0.05, 0.1) is 0 Å². The van der Waals surface area contributed by atoms with Gasteiger partial charge in [0, 0.05) is 0 Å². The van der Waals surface area contributed by atoms with E-state index in [4.69, 9.17) is 0 Å². The van der Waals surface area contributed by atoms with Crippen LogP contribution in [-0.4, -0.2) is 0 Å². The monoisotopic (exact) mass is 230 g/mol. The van der Waals surface area contributed by atoms with Crippen LogP contribution in [0.15, 0.2) is 24.3 Å². The maximum atomic E-state index is 2.44. The average Bonchev–Trinajstić information content (AvgIpc) is 2.21. The first kappa shape index (κ1) is 12.7. The first-order chi connectivity index (χ1) is 7.80. The second-order valence-electron chi connectivity index (χ2n) is 7.50. The fraction of sp³-hybridized carbons (Fsp3) is 0.647. The number of hydrogen-bond acceptors (Lipinski definition) is 0. The molecule has 0 bridgehead atoms. The molecule has 0 saturated heterocycles. The molecule has 1 aliphatic carbocycles. The second-order valence-corrected chi connectivity index (χ2v) is 7.50. The van der Waals surface area contributed by atoms with Gasteiger partial charge in [0.1, 0.15) is 0 Å². The quantitative estimate of drug-likeness (QED) is 0.623. The number of aryl methyl sites for hydroxylation is 1. The molecule has 0 saturated carbocycles. The van der Waals surface area contributed by atoms with Crippen molar-refractivity contribution in [1.82, 2.24) is 0 Å². The van der Waals surface area contributed by atoms with Gasteiger partial charge >= 0.3 is 0 Å². The number of hydrogen-bond donors (Lipinski definition) is 0. The minimum atomic E-state index is 0.409. The van der Waals surface area contributed by atoms with Crippen LogP contribution in [0.1, 0.15) is 64.5 Å². The van der Waals surface area contributed by atoms with E-state index in [0.717, 1.165) is 0 Å². The van der Waals surface area contributed by atoms with Gasteiger partial charge in [-0.3, -0.25) is 0 Å². The van der Waals surface area contributed by atoms with Gasteiger partial charge in [-0.15, -0.1) is 0 Å². The third-order valence-corrected chi connectivity index (χ3v) is 4.23. The Kier molecular flexibility index (Phi) is 3.10. The number of rotatable bonds is 1. The highest BCUT2D eigenvalue weighted by atomic mass is 14.4. The van der Waals surface area contributed by atoms with Crippen molar-refractivity contribution in [2.45, 2.75) is 59.8 Å². The first-order valence-electron chi connectivity index (χ1n) is 6.87. The Morgan fingerprint density at radius 1 is 1.18 bits per heavy atom. The highest BCUT2D eigenvalue weighted by Gasteiger charge is 2.37. The van der Waals surface area contributed by atoms with Gasteiger partial charge in [-0.05, 0) is 47.1 Å². The van der Waals surface area contributed by atoms with E-state index in [1.54, 1.807) is 11.1 Å². The largest absolute Gasteiger partial charge is 0.0620 e. The number of benzene rings is 1. The zero-order valence-electron chi connectivity index (χ0n) is 12.0. The standard InChI is InChI=1S/C17H26/c1-16(2,3)12-15-14-9-7-6-8-13(14)10-11-17(15,4)5/h6-9,15H,10-12H2,1-5H3. The topological polar surface area (TPSA) is 0 Å². The summed E-state index contributed by atoms with van der Waals surface area (Å²) >= 11 is 0. The SMILES string of the molecule is CC(C)(C)CC1c2ccccc2CCC1(C)C. The molecule has 0 radical (unpaired) electrons. The molecule has 0 fully saturated rings.